The van der Waals surface area contributed by atoms with Gasteiger partial charge in [0.1, 0.15) is 6.04 Å². The topological polar surface area (TPSA) is 71.3 Å². The van der Waals surface area contributed by atoms with Gasteiger partial charge in [0, 0.05) is 16.6 Å². The Balaban J connectivity index is 1.90. The minimum atomic E-state index is -0.654. The van der Waals surface area contributed by atoms with E-state index in [1.165, 1.54) is 6.26 Å². The van der Waals surface area contributed by atoms with Crippen molar-refractivity contribution in [3.8, 4) is 0 Å². The van der Waals surface area contributed by atoms with Crippen LogP contribution in [0, 0.1) is 5.92 Å². The van der Waals surface area contributed by atoms with Crippen molar-refractivity contribution in [1.82, 2.24) is 10.6 Å². The van der Waals surface area contributed by atoms with Crippen LogP contribution in [0.25, 0.3) is 0 Å². The number of carbonyl (C=O) groups excluding carboxylic acids is 2. The normalized spacial score (nSPS) is 12.0. The predicted octanol–water partition coefficient (Wildman–Crippen LogP) is 3.70. The molecule has 0 aliphatic rings. The van der Waals surface area contributed by atoms with Gasteiger partial charge < -0.3 is 15.1 Å². The number of rotatable bonds is 7. The Hall–Kier alpha value is -1.98. The molecule has 2 rings (SSSR count). The van der Waals surface area contributed by atoms with Gasteiger partial charge in [-0.15, -0.1) is 0 Å². The van der Waals surface area contributed by atoms with Crippen molar-refractivity contribution in [3.05, 3.63) is 58.0 Å². The van der Waals surface area contributed by atoms with Gasteiger partial charge in [0.2, 0.25) is 5.91 Å². The summed E-state index contributed by atoms with van der Waals surface area (Å²) in [5, 5.41) is 6.66. The van der Waals surface area contributed by atoms with E-state index < -0.39 is 11.9 Å². The number of hydrogen-bond acceptors (Lipinski definition) is 3. The molecule has 0 aliphatic heterocycles. The highest BCUT2D eigenvalue weighted by Crippen LogP contribution is 2.21. The molecular formula is C18H20Cl2N2O3. The first-order chi connectivity index (χ1) is 11.9. The average Bonchev–Trinajstić information content (AvgIpc) is 3.08. The van der Waals surface area contributed by atoms with Gasteiger partial charge in [-0.05, 0) is 42.2 Å². The number of hydrogen-bond donors (Lipinski definition) is 2. The fraction of sp³-hybridized carbons (Fsp3) is 0.333. The lowest BCUT2D eigenvalue weighted by Gasteiger charge is -2.21. The molecule has 1 atom stereocenters. The SMILES string of the molecule is CC(C)[C@H](NC(=O)c1ccco1)C(=O)NCCc1ccc(Cl)cc1Cl. The summed E-state index contributed by atoms with van der Waals surface area (Å²) >= 11 is 12.0. The summed E-state index contributed by atoms with van der Waals surface area (Å²) in [5.74, 6) is -0.566. The third kappa shape index (κ3) is 5.51. The molecule has 1 heterocycles. The fourth-order valence-electron chi connectivity index (χ4n) is 2.31. The molecule has 0 radical (unpaired) electrons. The van der Waals surface area contributed by atoms with E-state index in [9.17, 15) is 9.59 Å². The average molecular weight is 383 g/mol. The van der Waals surface area contributed by atoms with E-state index in [0.717, 1.165) is 5.56 Å². The van der Waals surface area contributed by atoms with Crippen LogP contribution in [-0.2, 0) is 11.2 Å². The van der Waals surface area contributed by atoms with Gasteiger partial charge >= 0.3 is 0 Å². The summed E-state index contributed by atoms with van der Waals surface area (Å²) < 4.78 is 5.05. The van der Waals surface area contributed by atoms with E-state index >= 15 is 0 Å². The first kappa shape index (κ1) is 19.3. The first-order valence-electron chi connectivity index (χ1n) is 7.94. The molecular weight excluding hydrogens is 363 g/mol. The molecule has 0 spiro atoms. The highest BCUT2D eigenvalue weighted by atomic mass is 35.5. The molecule has 0 saturated carbocycles. The minimum absolute atomic E-state index is 0.0713. The number of furan rings is 1. The number of carbonyl (C=O) groups is 2. The minimum Gasteiger partial charge on any atom is -0.459 e. The van der Waals surface area contributed by atoms with Crippen molar-refractivity contribution in [2.24, 2.45) is 5.92 Å². The Bertz CT molecular complexity index is 730. The van der Waals surface area contributed by atoms with Crippen molar-refractivity contribution in [2.75, 3.05) is 6.54 Å². The van der Waals surface area contributed by atoms with E-state index in [2.05, 4.69) is 10.6 Å². The van der Waals surface area contributed by atoms with E-state index in [4.69, 9.17) is 27.6 Å². The van der Waals surface area contributed by atoms with E-state index in [0.29, 0.717) is 23.0 Å². The first-order valence-corrected chi connectivity index (χ1v) is 8.70. The Morgan fingerprint density at radius 2 is 1.96 bits per heavy atom. The van der Waals surface area contributed by atoms with E-state index in [1.807, 2.05) is 19.9 Å². The second-order valence-corrected chi connectivity index (χ2v) is 6.79. The quantitative estimate of drug-likeness (QED) is 0.766. The van der Waals surface area contributed by atoms with Crippen molar-refractivity contribution in [2.45, 2.75) is 26.3 Å². The molecule has 0 aliphatic carbocycles. The molecule has 1 aromatic carbocycles. The Kier molecular flexibility index (Phi) is 6.91. The molecule has 0 saturated heterocycles. The zero-order chi connectivity index (χ0) is 18.4. The molecule has 2 amide bonds. The predicted molar refractivity (Wildman–Crippen MR) is 98.0 cm³/mol. The van der Waals surface area contributed by atoms with E-state index in [-0.39, 0.29) is 17.6 Å². The third-order valence-corrected chi connectivity index (χ3v) is 4.28. The Morgan fingerprint density at radius 3 is 2.56 bits per heavy atom. The van der Waals surface area contributed by atoms with Crippen LogP contribution in [0.15, 0.2) is 41.0 Å². The summed E-state index contributed by atoms with van der Waals surface area (Å²) in [6.07, 6.45) is 1.98. The molecule has 7 heteroatoms. The van der Waals surface area contributed by atoms with Crippen molar-refractivity contribution >= 4 is 35.0 Å². The fourth-order valence-corrected chi connectivity index (χ4v) is 2.81. The van der Waals surface area contributed by atoms with Gasteiger partial charge in [-0.25, -0.2) is 0 Å². The number of halogens is 2. The van der Waals surface area contributed by atoms with E-state index in [1.54, 1.807) is 24.3 Å². The highest BCUT2D eigenvalue weighted by Gasteiger charge is 2.25. The second-order valence-electron chi connectivity index (χ2n) is 5.95. The van der Waals surface area contributed by atoms with Gasteiger partial charge in [0.15, 0.2) is 5.76 Å². The lowest BCUT2D eigenvalue weighted by atomic mass is 10.0. The maximum atomic E-state index is 12.4. The molecule has 134 valence electrons. The molecule has 2 aromatic rings. The number of benzene rings is 1. The highest BCUT2D eigenvalue weighted by molar-refractivity contribution is 6.35. The van der Waals surface area contributed by atoms with Gasteiger partial charge in [-0.2, -0.15) is 0 Å². The smallest absolute Gasteiger partial charge is 0.287 e. The molecule has 25 heavy (non-hydrogen) atoms. The summed E-state index contributed by atoms with van der Waals surface area (Å²) in [6.45, 7) is 4.13. The Morgan fingerprint density at radius 1 is 1.20 bits per heavy atom. The van der Waals surface area contributed by atoms with Crippen LogP contribution in [0.3, 0.4) is 0 Å². The lowest BCUT2D eigenvalue weighted by molar-refractivity contribution is -0.123. The van der Waals surface area contributed by atoms with Crippen LogP contribution < -0.4 is 10.6 Å². The summed E-state index contributed by atoms with van der Waals surface area (Å²) in [4.78, 5) is 24.5. The summed E-state index contributed by atoms with van der Waals surface area (Å²) in [7, 11) is 0. The summed E-state index contributed by atoms with van der Waals surface area (Å²) in [5.41, 5.74) is 0.895. The standard InChI is InChI=1S/C18H20Cl2N2O3/c1-11(2)16(22-17(23)15-4-3-9-25-15)18(24)21-8-7-12-5-6-13(19)10-14(12)20/h3-6,9-11,16H,7-8H2,1-2H3,(H,21,24)(H,22,23)/t16-/m0/s1. The molecule has 0 fully saturated rings. The molecule has 5 nitrogen and oxygen atoms in total. The van der Waals surface area contributed by atoms with Crippen LogP contribution in [-0.4, -0.2) is 24.4 Å². The second kappa shape index (κ2) is 8.92. The summed E-state index contributed by atoms with van der Waals surface area (Å²) in [6, 6.07) is 7.77. The largest absolute Gasteiger partial charge is 0.459 e. The van der Waals surface area contributed by atoms with Gasteiger partial charge in [0.25, 0.3) is 5.91 Å². The maximum Gasteiger partial charge on any atom is 0.287 e. The number of nitrogens with one attached hydrogen (secondary N) is 2. The number of amides is 2. The molecule has 0 bridgehead atoms. The zero-order valence-corrected chi connectivity index (χ0v) is 15.5. The molecule has 2 N–H and O–H groups in total. The van der Waals surface area contributed by atoms with Gasteiger partial charge in [-0.1, -0.05) is 43.1 Å². The van der Waals surface area contributed by atoms with Crippen molar-refractivity contribution in [3.63, 3.8) is 0 Å². The van der Waals surface area contributed by atoms with Crippen molar-refractivity contribution < 1.29 is 14.0 Å². The zero-order valence-electron chi connectivity index (χ0n) is 14.0. The van der Waals surface area contributed by atoms with Crippen LogP contribution in [0.1, 0.15) is 30.0 Å². The van der Waals surface area contributed by atoms with Gasteiger partial charge in [0.05, 0.1) is 6.26 Å². The third-order valence-electron chi connectivity index (χ3n) is 3.69. The van der Waals surface area contributed by atoms with Crippen LogP contribution in [0.4, 0.5) is 0 Å². The molecule has 0 unspecified atom stereocenters. The lowest BCUT2D eigenvalue weighted by Crippen LogP contribution is -2.50. The maximum absolute atomic E-state index is 12.4. The van der Waals surface area contributed by atoms with Crippen molar-refractivity contribution in [1.29, 1.82) is 0 Å². The van der Waals surface area contributed by atoms with Crippen LogP contribution >= 0.6 is 23.2 Å². The van der Waals surface area contributed by atoms with Crippen LogP contribution in [0.5, 0.6) is 0 Å². The monoisotopic (exact) mass is 382 g/mol. The molecule has 1 aromatic heterocycles. The van der Waals surface area contributed by atoms with Crippen LogP contribution in [0.2, 0.25) is 10.0 Å². The van der Waals surface area contributed by atoms with Gasteiger partial charge in [-0.3, -0.25) is 9.59 Å². The Labute approximate surface area is 156 Å².